The van der Waals surface area contributed by atoms with E-state index in [-0.39, 0.29) is 0 Å². The van der Waals surface area contributed by atoms with E-state index in [1.807, 2.05) is 37.3 Å². The molecule has 0 aliphatic carbocycles. The Bertz CT molecular complexity index is 489. The summed E-state index contributed by atoms with van der Waals surface area (Å²) in [6.07, 6.45) is 6.05. The normalized spacial score (nSPS) is 11.3. The Morgan fingerprint density at radius 3 is 2.19 bits per heavy atom. The van der Waals surface area contributed by atoms with Crippen LogP contribution in [0.5, 0.6) is 5.75 Å². The summed E-state index contributed by atoms with van der Waals surface area (Å²) in [7, 11) is 0. The number of ether oxygens (including phenoxy) is 2. The number of carbonyl (C=O) groups is 1. The van der Waals surface area contributed by atoms with E-state index in [1.165, 1.54) is 0 Å². The number of benzene rings is 1. The molecular formula is C18H22O3. The molecule has 3 nitrogen and oxygen atoms in total. The summed E-state index contributed by atoms with van der Waals surface area (Å²) in [5.41, 5.74) is 2.02. The van der Waals surface area contributed by atoms with Crippen molar-refractivity contribution in [3.8, 4) is 5.75 Å². The lowest BCUT2D eigenvalue weighted by Crippen LogP contribution is -2.23. The van der Waals surface area contributed by atoms with Crippen molar-refractivity contribution in [1.82, 2.24) is 0 Å². The third-order valence-corrected chi connectivity index (χ3v) is 2.90. The smallest absolute Gasteiger partial charge is 0.333 e. The second kappa shape index (κ2) is 8.80. The molecule has 112 valence electrons. The van der Waals surface area contributed by atoms with Crippen molar-refractivity contribution >= 4 is 5.97 Å². The molecule has 1 rings (SSSR count). The summed E-state index contributed by atoms with van der Waals surface area (Å²) in [4.78, 5) is 11.3. The molecule has 0 heterocycles. The first-order valence-electron chi connectivity index (χ1n) is 6.98. The van der Waals surface area contributed by atoms with E-state index in [2.05, 4.69) is 19.7 Å². The number of rotatable bonds is 9. The predicted octanol–water partition coefficient (Wildman–Crippen LogP) is 3.99. The van der Waals surface area contributed by atoms with Gasteiger partial charge in [0.2, 0.25) is 6.29 Å². The van der Waals surface area contributed by atoms with Crippen LogP contribution in [-0.4, -0.2) is 12.3 Å². The van der Waals surface area contributed by atoms with Crippen LogP contribution in [0.2, 0.25) is 0 Å². The Morgan fingerprint density at radius 1 is 1.19 bits per heavy atom. The van der Waals surface area contributed by atoms with Gasteiger partial charge in [-0.1, -0.05) is 43.9 Å². The summed E-state index contributed by atoms with van der Waals surface area (Å²) in [5.74, 6) is 0.245. The molecule has 0 spiro atoms. The van der Waals surface area contributed by atoms with Gasteiger partial charge in [-0.05, 0) is 24.0 Å². The number of esters is 1. The quantitative estimate of drug-likeness (QED) is 0.298. The summed E-state index contributed by atoms with van der Waals surface area (Å²) in [5, 5.41) is 0. The van der Waals surface area contributed by atoms with Crippen molar-refractivity contribution in [2.24, 2.45) is 0 Å². The van der Waals surface area contributed by atoms with Crippen LogP contribution in [-0.2, 0) is 22.4 Å². The molecular weight excluding hydrogens is 264 g/mol. The topological polar surface area (TPSA) is 35.5 Å². The van der Waals surface area contributed by atoms with E-state index in [0.29, 0.717) is 19.3 Å². The average molecular weight is 286 g/mol. The first kappa shape index (κ1) is 16.8. The van der Waals surface area contributed by atoms with Crippen LogP contribution >= 0.6 is 0 Å². The molecule has 1 aromatic rings. The summed E-state index contributed by atoms with van der Waals surface area (Å²) in [6.45, 7) is 12.8. The lowest BCUT2D eigenvalue weighted by atomic mass is 10.0. The van der Waals surface area contributed by atoms with Gasteiger partial charge < -0.3 is 9.47 Å². The first-order chi connectivity index (χ1) is 10.2. The third-order valence-electron chi connectivity index (χ3n) is 2.90. The van der Waals surface area contributed by atoms with E-state index in [1.54, 1.807) is 0 Å². The van der Waals surface area contributed by atoms with Crippen LogP contribution in [0.25, 0.3) is 0 Å². The molecule has 0 saturated carbocycles. The maximum absolute atomic E-state index is 11.3. The molecule has 0 amide bonds. The van der Waals surface area contributed by atoms with Crippen LogP contribution in [0, 0.1) is 0 Å². The van der Waals surface area contributed by atoms with Gasteiger partial charge in [-0.15, -0.1) is 13.2 Å². The molecule has 0 aliphatic rings. The monoisotopic (exact) mass is 286 g/mol. The second-order valence-electron chi connectivity index (χ2n) is 4.49. The molecule has 21 heavy (non-hydrogen) atoms. The second-order valence-corrected chi connectivity index (χ2v) is 4.49. The van der Waals surface area contributed by atoms with Gasteiger partial charge in [0, 0.05) is 12.5 Å². The third kappa shape index (κ3) is 4.95. The fourth-order valence-corrected chi connectivity index (χ4v) is 1.92. The van der Waals surface area contributed by atoms with E-state index in [9.17, 15) is 4.79 Å². The minimum atomic E-state index is -0.634. The fraction of sp³-hybridized carbons (Fsp3) is 0.278. The highest BCUT2D eigenvalue weighted by molar-refractivity contribution is 5.81. The number of hydrogen-bond acceptors (Lipinski definition) is 3. The van der Waals surface area contributed by atoms with Crippen LogP contribution in [0.15, 0.2) is 56.2 Å². The Labute approximate surface area is 126 Å². The molecule has 0 aromatic heterocycles. The zero-order valence-corrected chi connectivity index (χ0v) is 12.5. The van der Waals surface area contributed by atoms with E-state index < -0.39 is 12.3 Å². The maximum Gasteiger partial charge on any atom is 0.333 e. The molecule has 1 aromatic carbocycles. The highest BCUT2D eigenvalue weighted by Gasteiger charge is 2.16. The lowest BCUT2D eigenvalue weighted by Gasteiger charge is -2.21. The van der Waals surface area contributed by atoms with Gasteiger partial charge in [-0.2, -0.15) is 0 Å². The van der Waals surface area contributed by atoms with Crippen LogP contribution in [0.4, 0.5) is 0 Å². The largest absolute Gasteiger partial charge is 0.454 e. The maximum atomic E-state index is 11.3. The Kier molecular flexibility index (Phi) is 7.02. The van der Waals surface area contributed by atoms with Gasteiger partial charge in [0.15, 0.2) is 0 Å². The SMILES string of the molecule is C=CCc1cccc(CC=C)c1OC(CC)OC(=O)C=C. The Morgan fingerprint density at radius 2 is 1.76 bits per heavy atom. The predicted molar refractivity (Wildman–Crippen MR) is 85.2 cm³/mol. The van der Waals surface area contributed by atoms with Crippen LogP contribution < -0.4 is 4.74 Å². The molecule has 1 unspecified atom stereocenters. The van der Waals surface area contributed by atoms with Gasteiger partial charge in [0.25, 0.3) is 0 Å². The number of allylic oxidation sites excluding steroid dienone is 2. The molecule has 3 heteroatoms. The van der Waals surface area contributed by atoms with Crippen molar-refractivity contribution < 1.29 is 14.3 Å². The minimum Gasteiger partial charge on any atom is -0.454 e. The summed E-state index contributed by atoms with van der Waals surface area (Å²) >= 11 is 0. The number of para-hydroxylation sites is 1. The summed E-state index contributed by atoms with van der Waals surface area (Å²) < 4.78 is 11.1. The number of carbonyl (C=O) groups excluding carboxylic acids is 1. The van der Waals surface area contributed by atoms with Gasteiger partial charge in [-0.25, -0.2) is 4.79 Å². The van der Waals surface area contributed by atoms with E-state index >= 15 is 0 Å². The first-order valence-corrected chi connectivity index (χ1v) is 6.98. The van der Waals surface area contributed by atoms with Gasteiger partial charge in [0.05, 0.1) is 0 Å². The Hall–Kier alpha value is -2.29. The Balaban J connectivity index is 3.06. The lowest BCUT2D eigenvalue weighted by molar-refractivity contribution is -0.157. The zero-order chi connectivity index (χ0) is 15.7. The van der Waals surface area contributed by atoms with Crippen LogP contribution in [0.3, 0.4) is 0 Å². The standard InChI is InChI=1S/C18H22O3/c1-5-10-14-12-9-13-15(11-6-2)18(14)21-17(8-4)20-16(19)7-3/h5-7,9,12-13,17H,1-3,8,10-11H2,4H3. The molecule has 0 N–H and O–H groups in total. The average Bonchev–Trinajstić information content (AvgIpc) is 2.49. The van der Waals surface area contributed by atoms with Crippen molar-refractivity contribution in [3.05, 3.63) is 67.3 Å². The highest BCUT2D eigenvalue weighted by atomic mass is 16.7. The molecule has 0 bridgehead atoms. The fourth-order valence-electron chi connectivity index (χ4n) is 1.92. The zero-order valence-electron chi connectivity index (χ0n) is 12.5. The van der Waals surface area contributed by atoms with Crippen LogP contribution in [0.1, 0.15) is 24.5 Å². The van der Waals surface area contributed by atoms with E-state index in [0.717, 1.165) is 23.0 Å². The van der Waals surface area contributed by atoms with Gasteiger partial charge in [0.1, 0.15) is 5.75 Å². The van der Waals surface area contributed by atoms with Crippen molar-refractivity contribution in [3.63, 3.8) is 0 Å². The molecule has 1 atom stereocenters. The molecule has 0 radical (unpaired) electrons. The number of hydrogen-bond donors (Lipinski definition) is 0. The molecule has 0 fully saturated rings. The summed E-state index contributed by atoms with van der Waals surface area (Å²) in [6, 6.07) is 5.93. The van der Waals surface area contributed by atoms with E-state index in [4.69, 9.17) is 9.47 Å². The van der Waals surface area contributed by atoms with Crippen molar-refractivity contribution in [2.75, 3.05) is 0 Å². The highest BCUT2D eigenvalue weighted by Crippen LogP contribution is 2.27. The van der Waals surface area contributed by atoms with Gasteiger partial charge in [-0.3, -0.25) is 0 Å². The van der Waals surface area contributed by atoms with Gasteiger partial charge >= 0.3 is 5.97 Å². The molecule has 0 saturated heterocycles. The van der Waals surface area contributed by atoms with Crippen molar-refractivity contribution in [2.45, 2.75) is 32.5 Å². The molecule has 0 aliphatic heterocycles. The minimum absolute atomic E-state index is 0.492. The van der Waals surface area contributed by atoms with Crippen molar-refractivity contribution in [1.29, 1.82) is 0 Å².